The first kappa shape index (κ1) is 18.5. The highest BCUT2D eigenvalue weighted by Gasteiger charge is 2.58. The van der Waals surface area contributed by atoms with Crippen molar-refractivity contribution >= 4 is 5.97 Å². The maximum Gasteiger partial charge on any atom is 0.309 e. The molecule has 146 valence electrons. The Morgan fingerprint density at radius 1 is 1.12 bits per heavy atom. The predicted octanol–water partition coefficient (Wildman–Crippen LogP) is 4.81. The fraction of sp³-hybridized carbons (Fsp3) is 0.870. The molecule has 2 saturated carbocycles. The number of likely N-dealkylation sites (tertiary alicyclic amines) is 1. The smallest absolute Gasteiger partial charge is 0.309 e. The van der Waals surface area contributed by atoms with Gasteiger partial charge in [0, 0.05) is 18.0 Å². The van der Waals surface area contributed by atoms with Gasteiger partial charge in [-0.05, 0) is 70.3 Å². The first-order valence-corrected chi connectivity index (χ1v) is 11.0. The molecule has 0 unspecified atom stereocenters. The van der Waals surface area contributed by atoms with E-state index in [0.717, 1.165) is 6.42 Å². The van der Waals surface area contributed by atoms with Gasteiger partial charge in [0.15, 0.2) is 0 Å². The number of hydrogen-bond donors (Lipinski definition) is 0. The highest BCUT2D eigenvalue weighted by atomic mass is 16.6. The summed E-state index contributed by atoms with van der Waals surface area (Å²) in [4.78, 5) is 15.0. The van der Waals surface area contributed by atoms with Gasteiger partial charge in [-0.2, -0.15) is 0 Å². The maximum atomic E-state index is 12.5. The molecule has 4 rings (SSSR count). The molecule has 2 saturated heterocycles. The van der Waals surface area contributed by atoms with Gasteiger partial charge in [-0.3, -0.25) is 9.69 Å². The van der Waals surface area contributed by atoms with Crippen LogP contribution in [0.15, 0.2) is 12.2 Å². The Kier molecular flexibility index (Phi) is 4.96. The predicted molar refractivity (Wildman–Crippen MR) is 105 cm³/mol. The number of carbonyl (C=O) groups excluding carboxylic acids is 1. The lowest BCUT2D eigenvalue weighted by Crippen LogP contribution is -2.50. The number of nitrogens with zero attached hydrogens (tertiary/aromatic N) is 1. The molecular weight excluding hydrogens is 322 g/mol. The van der Waals surface area contributed by atoms with E-state index in [-0.39, 0.29) is 18.0 Å². The van der Waals surface area contributed by atoms with Gasteiger partial charge in [0.05, 0.1) is 5.92 Å². The van der Waals surface area contributed by atoms with Crippen LogP contribution in [0.4, 0.5) is 0 Å². The summed E-state index contributed by atoms with van der Waals surface area (Å²) in [7, 11) is 2.28. The topological polar surface area (TPSA) is 29.5 Å². The van der Waals surface area contributed by atoms with Gasteiger partial charge in [0.1, 0.15) is 6.10 Å². The minimum Gasteiger partial charge on any atom is -0.462 e. The van der Waals surface area contributed by atoms with Crippen molar-refractivity contribution in [2.24, 2.45) is 29.1 Å². The summed E-state index contributed by atoms with van der Waals surface area (Å²) in [5.41, 5.74) is 0.344. The second kappa shape index (κ2) is 6.96. The summed E-state index contributed by atoms with van der Waals surface area (Å²) >= 11 is 0. The van der Waals surface area contributed by atoms with Gasteiger partial charge in [-0.1, -0.05) is 38.3 Å². The molecule has 3 heteroatoms. The van der Waals surface area contributed by atoms with Crippen LogP contribution >= 0.6 is 0 Å². The summed E-state index contributed by atoms with van der Waals surface area (Å²) in [6, 6.07) is 1.23. The first-order valence-electron chi connectivity index (χ1n) is 11.0. The number of esters is 1. The molecule has 0 bridgehead atoms. The number of likely N-dealkylation sites (N-methyl/N-ethyl adjacent to an activating group) is 1. The Morgan fingerprint density at radius 3 is 2.73 bits per heavy atom. The van der Waals surface area contributed by atoms with Crippen molar-refractivity contribution in [3.8, 4) is 0 Å². The highest BCUT2D eigenvalue weighted by Crippen LogP contribution is 2.60. The van der Waals surface area contributed by atoms with Crippen molar-refractivity contribution in [1.82, 2.24) is 4.90 Å². The van der Waals surface area contributed by atoms with E-state index in [1.54, 1.807) is 0 Å². The zero-order chi connectivity index (χ0) is 18.5. The molecule has 0 aromatic rings. The monoisotopic (exact) mass is 359 g/mol. The van der Waals surface area contributed by atoms with Crippen LogP contribution in [0.2, 0.25) is 0 Å². The molecule has 8 atom stereocenters. The van der Waals surface area contributed by atoms with Crippen molar-refractivity contribution in [1.29, 1.82) is 0 Å². The van der Waals surface area contributed by atoms with E-state index in [4.69, 9.17) is 4.74 Å². The fourth-order valence-electron chi connectivity index (χ4n) is 6.82. The molecule has 26 heavy (non-hydrogen) atoms. The summed E-state index contributed by atoms with van der Waals surface area (Å²) < 4.78 is 5.74. The molecular formula is C23H37NO2. The SMILES string of the molecule is C[C@@H]1OC(=O)[C@H]2C[C@H]3CCCC[C@]3(C)[C@@H](/C=C/[C@H]3CCC[C@H](C)N3C)[C@@H]12. The Bertz CT molecular complexity index is 573. The third-order valence-electron chi connectivity index (χ3n) is 8.66. The summed E-state index contributed by atoms with van der Waals surface area (Å²) in [6.45, 7) is 7.00. The Labute approximate surface area is 159 Å². The number of ether oxygens (including phenoxy) is 1. The van der Waals surface area contributed by atoms with Crippen molar-refractivity contribution in [3.63, 3.8) is 0 Å². The maximum absolute atomic E-state index is 12.5. The summed E-state index contributed by atoms with van der Waals surface area (Å²) in [6.07, 6.45) is 15.4. The Morgan fingerprint density at radius 2 is 1.92 bits per heavy atom. The number of allylic oxidation sites excluding steroid dienone is 1. The van der Waals surface area contributed by atoms with E-state index >= 15 is 0 Å². The molecule has 4 fully saturated rings. The number of carbonyl (C=O) groups is 1. The lowest BCUT2D eigenvalue weighted by atomic mass is 9.49. The molecule has 4 aliphatic rings. The molecule has 0 spiro atoms. The molecule has 0 radical (unpaired) electrons. The largest absolute Gasteiger partial charge is 0.462 e. The third-order valence-corrected chi connectivity index (χ3v) is 8.66. The zero-order valence-corrected chi connectivity index (χ0v) is 17.1. The van der Waals surface area contributed by atoms with Gasteiger partial charge in [0.2, 0.25) is 0 Å². The second-order valence-electron chi connectivity index (χ2n) is 9.93. The van der Waals surface area contributed by atoms with Crippen LogP contribution in [0.5, 0.6) is 0 Å². The van der Waals surface area contributed by atoms with Crippen LogP contribution in [-0.4, -0.2) is 36.1 Å². The van der Waals surface area contributed by atoms with Crippen molar-refractivity contribution in [2.45, 2.75) is 90.3 Å². The van der Waals surface area contributed by atoms with E-state index in [2.05, 4.69) is 44.9 Å². The highest BCUT2D eigenvalue weighted by molar-refractivity contribution is 5.75. The summed E-state index contributed by atoms with van der Waals surface area (Å²) in [5, 5.41) is 0. The van der Waals surface area contributed by atoms with E-state index in [9.17, 15) is 4.79 Å². The standard InChI is InChI=1S/C23H37NO2/c1-15-8-7-10-18(24(15)4)11-12-20-21-16(2)26-22(25)19(21)14-17-9-5-6-13-23(17,20)3/h11-12,15-21H,5-10,13-14H2,1-4H3/b12-11+/t15-,16-,17+,18+,19-,20-,21-,23-/m0/s1. The number of fused-ring (bicyclic) bond motifs is 2. The number of piperidine rings is 1. The van der Waals surface area contributed by atoms with Crippen molar-refractivity contribution in [3.05, 3.63) is 12.2 Å². The van der Waals surface area contributed by atoms with Gasteiger partial charge in [-0.15, -0.1) is 0 Å². The van der Waals surface area contributed by atoms with E-state index < -0.39 is 0 Å². The van der Waals surface area contributed by atoms with Gasteiger partial charge < -0.3 is 4.74 Å². The van der Waals surface area contributed by atoms with Crippen LogP contribution in [0.3, 0.4) is 0 Å². The lowest BCUT2D eigenvalue weighted by Gasteiger charge is -2.54. The van der Waals surface area contributed by atoms with Crippen LogP contribution < -0.4 is 0 Å². The molecule has 2 aliphatic carbocycles. The van der Waals surface area contributed by atoms with Crippen LogP contribution in [0.25, 0.3) is 0 Å². The average molecular weight is 360 g/mol. The second-order valence-corrected chi connectivity index (χ2v) is 9.93. The first-order chi connectivity index (χ1) is 12.4. The molecule has 3 nitrogen and oxygen atoms in total. The normalized spacial score (nSPS) is 49.7. The van der Waals surface area contributed by atoms with E-state index in [1.165, 1.54) is 44.9 Å². The molecule has 0 N–H and O–H groups in total. The average Bonchev–Trinajstić information content (AvgIpc) is 2.89. The Hall–Kier alpha value is -0.830. The quantitative estimate of drug-likeness (QED) is 0.523. The fourth-order valence-corrected chi connectivity index (χ4v) is 6.82. The minimum atomic E-state index is 0.0739. The lowest BCUT2D eigenvalue weighted by molar-refractivity contribution is -0.144. The molecule has 2 aliphatic heterocycles. The molecule has 0 aromatic carbocycles. The molecule has 2 heterocycles. The minimum absolute atomic E-state index is 0.0739. The number of hydrogen-bond acceptors (Lipinski definition) is 3. The number of cyclic esters (lactones) is 1. The van der Waals surface area contributed by atoms with Gasteiger partial charge >= 0.3 is 5.97 Å². The van der Waals surface area contributed by atoms with Crippen LogP contribution in [0.1, 0.15) is 72.1 Å². The molecule has 0 amide bonds. The zero-order valence-electron chi connectivity index (χ0n) is 17.1. The summed E-state index contributed by atoms with van der Waals surface area (Å²) in [5.74, 6) is 1.77. The van der Waals surface area contributed by atoms with Crippen molar-refractivity contribution < 1.29 is 9.53 Å². The Balaban J connectivity index is 1.63. The molecule has 0 aromatic heterocycles. The van der Waals surface area contributed by atoms with Crippen molar-refractivity contribution in [2.75, 3.05) is 7.05 Å². The van der Waals surface area contributed by atoms with E-state index in [1.807, 2.05) is 0 Å². The van der Waals surface area contributed by atoms with Crippen LogP contribution in [-0.2, 0) is 9.53 Å². The van der Waals surface area contributed by atoms with E-state index in [0.29, 0.717) is 35.3 Å². The van der Waals surface area contributed by atoms with Gasteiger partial charge in [0.25, 0.3) is 0 Å². The third kappa shape index (κ3) is 2.95. The number of rotatable bonds is 2. The van der Waals surface area contributed by atoms with Gasteiger partial charge in [-0.25, -0.2) is 0 Å². The van der Waals surface area contributed by atoms with Crippen LogP contribution in [0, 0.1) is 29.1 Å².